The fraction of sp³-hybridized carbons (Fsp3) is 0.889. The van der Waals surface area contributed by atoms with E-state index in [-0.39, 0.29) is 12.3 Å². The number of ether oxygens (including phenoxy) is 1. The van der Waals surface area contributed by atoms with Crippen LogP contribution in [-0.4, -0.2) is 25.4 Å². The molecule has 0 aromatic heterocycles. The van der Waals surface area contributed by atoms with Gasteiger partial charge in [-0.15, -0.1) is 0 Å². The molecular weight excluding hydrogens is 168 g/mol. The Morgan fingerprint density at radius 2 is 2.15 bits per heavy atom. The first-order valence-corrected chi connectivity index (χ1v) is 4.88. The van der Waals surface area contributed by atoms with E-state index in [1.165, 1.54) is 0 Å². The highest BCUT2D eigenvalue weighted by molar-refractivity contribution is 5.67. The van der Waals surface area contributed by atoms with Gasteiger partial charge in [0.05, 0.1) is 0 Å². The van der Waals surface area contributed by atoms with Crippen molar-refractivity contribution < 1.29 is 9.53 Å². The van der Waals surface area contributed by atoms with Gasteiger partial charge in [-0.3, -0.25) is 5.32 Å². The fourth-order valence-corrected chi connectivity index (χ4v) is 0.899. The zero-order valence-corrected chi connectivity index (χ0v) is 8.72. The lowest BCUT2D eigenvalue weighted by atomic mass is 10.3. The van der Waals surface area contributed by atoms with E-state index in [9.17, 15) is 4.79 Å². The first-order chi connectivity index (χ1) is 6.20. The van der Waals surface area contributed by atoms with Crippen molar-refractivity contribution in [2.75, 3.05) is 13.1 Å². The van der Waals surface area contributed by atoms with E-state index in [0.29, 0.717) is 6.54 Å². The van der Waals surface area contributed by atoms with Crippen molar-refractivity contribution in [3.63, 3.8) is 0 Å². The Labute approximate surface area is 80.0 Å². The maximum Gasteiger partial charge on any atom is 0.408 e. The quantitative estimate of drug-likeness (QED) is 0.490. The van der Waals surface area contributed by atoms with Crippen LogP contribution < -0.4 is 10.6 Å². The Hall–Kier alpha value is -0.770. The number of unbranched alkanes of at least 4 members (excludes halogenated alkanes) is 1. The highest BCUT2D eigenvalue weighted by Crippen LogP contribution is 1.88. The molecule has 0 heterocycles. The van der Waals surface area contributed by atoms with E-state index >= 15 is 0 Å². The second kappa shape index (κ2) is 7.86. The summed E-state index contributed by atoms with van der Waals surface area (Å²) in [4.78, 5) is 11.0. The van der Waals surface area contributed by atoms with Gasteiger partial charge in [0.25, 0.3) is 0 Å². The summed E-state index contributed by atoms with van der Waals surface area (Å²) < 4.78 is 4.98. The lowest BCUT2D eigenvalue weighted by Gasteiger charge is -2.13. The van der Waals surface area contributed by atoms with E-state index in [2.05, 4.69) is 17.6 Å². The van der Waals surface area contributed by atoms with Gasteiger partial charge in [-0.1, -0.05) is 20.3 Å². The van der Waals surface area contributed by atoms with E-state index < -0.39 is 0 Å². The Morgan fingerprint density at radius 3 is 2.69 bits per heavy atom. The molecule has 13 heavy (non-hydrogen) atoms. The molecule has 4 heteroatoms. The summed E-state index contributed by atoms with van der Waals surface area (Å²) in [7, 11) is 0. The Kier molecular flexibility index (Phi) is 7.39. The normalized spacial score (nSPS) is 12.2. The summed E-state index contributed by atoms with van der Waals surface area (Å²) in [6.07, 6.45) is 1.50. The number of hydrogen-bond donors (Lipinski definition) is 2. The predicted octanol–water partition coefficient (Wildman–Crippen LogP) is 1.47. The average Bonchev–Trinajstić information content (AvgIpc) is 2.05. The number of nitrogens with one attached hydrogen (secondary N) is 2. The third kappa shape index (κ3) is 7.59. The van der Waals surface area contributed by atoms with Gasteiger partial charge >= 0.3 is 6.09 Å². The molecule has 2 N–H and O–H groups in total. The molecule has 0 saturated carbocycles. The van der Waals surface area contributed by atoms with Crippen LogP contribution in [0, 0.1) is 0 Å². The van der Waals surface area contributed by atoms with Crippen molar-refractivity contribution in [2.45, 2.75) is 39.8 Å². The summed E-state index contributed by atoms with van der Waals surface area (Å²) in [5, 5.41) is 5.66. The summed E-state index contributed by atoms with van der Waals surface area (Å²) in [5.74, 6) is 0. The smallest absolute Gasteiger partial charge is 0.408 e. The molecule has 0 rings (SSSR count). The van der Waals surface area contributed by atoms with Crippen LogP contribution in [0.25, 0.3) is 0 Å². The van der Waals surface area contributed by atoms with E-state index in [0.717, 1.165) is 19.4 Å². The van der Waals surface area contributed by atoms with Gasteiger partial charge in [0.1, 0.15) is 0 Å². The largest absolute Gasteiger partial charge is 0.431 e. The molecule has 0 aliphatic carbocycles. The standard InChI is InChI=1S/C9H20N2O2/c1-4-6-7-11-9(12)13-8(3)10-5-2/h8,10H,4-7H2,1-3H3,(H,11,12). The van der Waals surface area contributed by atoms with E-state index in [4.69, 9.17) is 4.74 Å². The number of alkyl carbamates (subject to hydrolysis) is 1. The van der Waals surface area contributed by atoms with Gasteiger partial charge in [-0.25, -0.2) is 4.79 Å². The number of rotatable bonds is 6. The van der Waals surface area contributed by atoms with Gasteiger partial charge in [0.15, 0.2) is 6.23 Å². The van der Waals surface area contributed by atoms with Crippen molar-refractivity contribution in [3.8, 4) is 0 Å². The third-order valence-electron chi connectivity index (χ3n) is 1.58. The fourth-order valence-electron chi connectivity index (χ4n) is 0.899. The van der Waals surface area contributed by atoms with Crippen molar-refractivity contribution in [2.24, 2.45) is 0 Å². The van der Waals surface area contributed by atoms with E-state index in [1.54, 1.807) is 0 Å². The van der Waals surface area contributed by atoms with Gasteiger partial charge in [0, 0.05) is 6.54 Å². The number of amides is 1. The summed E-state index contributed by atoms with van der Waals surface area (Å²) in [5.41, 5.74) is 0. The molecule has 0 aliphatic heterocycles. The summed E-state index contributed by atoms with van der Waals surface area (Å²) >= 11 is 0. The van der Waals surface area contributed by atoms with Crippen LogP contribution in [0.5, 0.6) is 0 Å². The molecular formula is C9H20N2O2. The topological polar surface area (TPSA) is 50.4 Å². The van der Waals surface area contributed by atoms with Crippen molar-refractivity contribution in [1.82, 2.24) is 10.6 Å². The van der Waals surface area contributed by atoms with Crippen molar-refractivity contribution in [1.29, 1.82) is 0 Å². The van der Waals surface area contributed by atoms with Crippen LogP contribution in [0.1, 0.15) is 33.6 Å². The molecule has 1 unspecified atom stereocenters. The maximum absolute atomic E-state index is 11.0. The second-order valence-electron chi connectivity index (χ2n) is 2.89. The van der Waals surface area contributed by atoms with Gasteiger partial charge in [-0.05, 0) is 19.9 Å². The maximum atomic E-state index is 11.0. The Balaban J connectivity index is 3.38. The number of carbonyl (C=O) groups excluding carboxylic acids is 1. The van der Waals surface area contributed by atoms with Crippen LogP contribution in [0.4, 0.5) is 4.79 Å². The molecule has 0 aromatic rings. The predicted molar refractivity (Wildman–Crippen MR) is 52.5 cm³/mol. The average molecular weight is 188 g/mol. The summed E-state index contributed by atoms with van der Waals surface area (Å²) in [6.45, 7) is 7.34. The Bertz CT molecular complexity index is 140. The van der Waals surface area contributed by atoms with Crippen LogP contribution in [0.2, 0.25) is 0 Å². The minimum absolute atomic E-state index is 0.216. The minimum Gasteiger partial charge on any atom is -0.431 e. The molecule has 0 bridgehead atoms. The molecule has 0 aromatic carbocycles. The zero-order valence-electron chi connectivity index (χ0n) is 8.72. The Morgan fingerprint density at radius 1 is 1.46 bits per heavy atom. The lowest BCUT2D eigenvalue weighted by molar-refractivity contribution is 0.0897. The lowest BCUT2D eigenvalue weighted by Crippen LogP contribution is -2.35. The highest BCUT2D eigenvalue weighted by atomic mass is 16.6. The van der Waals surface area contributed by atoms with Crippen molar-refractivity contribution >= 4 is 6.09 Å². The number of hydrogen-bond acceptors (Lipinski definition) is 3. The highest BCUT2D eigenvalue weighted by Gasteiger charge is 2.05. The minimum atomic E-state index is -0.345. The van der Waals surface area contributed by atoms with Crippen LogP contribution in [0.15, 0.2) is 0 Å². The molecule has 0 aliphatic rings. The van der Waals surface area contributed by atoms with Crippen LogP contribution in [0.3, 0.4) is 0 Å². The molecule has 0 spiro atoms. The monoisotopic (exact) mass is 188 g/mol. The molecule has 0 saturated heterocycles. The van der Waals surface area contributed by atoms with Gasteiger partial charge in [0.2, 0.25) is 0 Å². The molecule has 0 fully saturated rings. The number of carbonyl (C=O) groups is 1. The molecule has 1 atom stereocenters. The second-order valence-corrected chi connectivity index (χ2v) is 2.89. The molecule has 1 amide bonds. The third-order valence-corrected chi connectivity index (χ3v) is 1.58. The first-order valence-electron chi connectivity index (χ1n) is 4.88. The first kappa shape index (κ1) is 12.2. The van der Waals surface area contributed by atoms with Crippen LogP contribution >= 0.6 is 0 Å². The van der Waals surface area contributed by atoms with Crippen LogP contribution in [-0.2, 0) is 4.74 Å². The molecule has 78 valence electrons. The van der Waals surface area contributed by atoms with Gasteiger partial charge < -0.3 is 10.1 Å². The summed E-state index contributed by atoms with van der Waals surface area (Å²) in [6, 6.07) is 0. The SMILES string of the molecule is CCCCNC(=O)OC(C)NCC. The van der Waals surface area contributed by atoms with Gasteiger partial charge in [-0.2, -0.15) is 0 Å². The molecule has 0 radical (unpaired) electrons. The zero-order chi connectivity index (χ0) is 10.1. The van der Waals surface area contributed by atoms with Crippen molar-refractivity contribution in [3.05, 3.63) is 0 Å². The van der Waals surface area contributed by atoms with E-state index in [1.807, 2.05) is 13.8 Å². The molecule has 4 nitrogen and oxygen atoms in total.